The van der Waals surface area contributed by atoms with Crippen molar-refractivity contribution in [3.8, 4) is 28.1 Å². The first-order valence-electron chi connectivity index (χ1n) is 16.7. The second-order valence-electron chi connectivity index (χ2n) is 12.9. The van der Waals surface area contributed by atoms with E-state index in [1.54, 1.807) is 7.11 Å². The summed E-state index contributed by atoms with van der Waals surface area (Å²) in [6, 6.07) is 41.8. The molecule has 1 aromatic heterocycles. The van der Waals surface area contributed by atoms with Crippen LogP contribution in [0.4, 0.5) is 8.63 Å². The molecule has 0 fully saturated rings. The third kappa shape index (κ3) is 6.37. The number of rotatable bonds is 8. The molecule has 6 heteroatoms. The second-order valence-corrected chi connectivity index (χ2v) is 12.9. The van der Waals surface area contributed by atoms with E-state index >= 15 is 8.63 Å². The summed E-state index contributed by atoms with van der Waals surface area (Å²) in [6.45, 7) is 8.12. The lowest BCUT2D eigenvalue weighted by molar-refractivity contribution is 0.415. The molecule has 0 saturated heterocycles. The van der Waals surface area contributed by atoms with Crippen molar-refractivity contribution in [2.24, 2.45) is 4.99 Å². The molecule has 0 spiro atoms. The van der Waals surface area contributed by atoms with Crippen molar-refractivity contribution in [2.75, 3.05) is 7.11 Å². The molecule has 0 N–H and O–H groups in total. The van der Waals surface area contributed by atoms with Crippen molar-refractivity contribution >= 4 is 24.3 Å². The molecule has 0 amide bonds. The Bertz CT molecular complexity index is 2260. The van der Waals surface area contributed by atoms with Crippen LogP contribution < -0.4 is 4.74 Å². The van der Waals surface area contributed by atoms with Gasteiger partial charge in [0.2, 0.25) is 0 Å². The van der Waals surface area contributed by atoms with Gasteiger partial charge < -0.3 is 9.21 Å². The van der Waals surface area contributed by atoms with E-state index in [9.17, 15) is 0 Å². The monoisotopic (exact) mass is 658 g/mol. The number of nitrogens with zero attached hydrogens (tertiary/aromatic N) is 2. The molecule has 0 aliphatic carbocycles. The van der Waals surface area contributed by atoms with Crippen LogP contribution in [0, 0.1) is 27.7 Å². The number of benzene rings is 5. The fourth-order valence-electron chi connectivity index (χ4n) is 6.46. The standard InChI is InChI=1S/C44H37BF2N2O/c1-28-6-14-32(15-7-28)38-26-40(34-18-10-30(3)11-19-34)48-43(38)42(36-22-24-37(50-5)25-23-36)44-39(33-16-8-29(2)9-17-33)27-41(49(44)45(46)47)35-20-12-31(4)13-21-35/h6-27H,1-5H3/b43-42-. The lowest BCUT2D eigenvalue weighted by atomic mass is 9.90. The largest absolute Gasteiger partial charge is 0.678 e. The maximum atomic E-state index is 15.8. The third-order valence-corrected chi connectivity index (χ3v) is 9.27. The summed E-state index contributed by atoms with van der Waals surface area (Å²) in [5, 5.41) is 0. The molecular weight excluding hydrogens is 621 g/mol. The van der Waals surface area contributed by atoms with E-state index in [1.165, 1.54) is 4.48 Å². The normalized spacial score (nSPS) is 13.6. The van der Waals surface area contributed by atoms with E-state index in [-0.39, 0.29) is 0 Å². The average Bonchev–Trinajstić information content (AvgIpc) is 3.74. The molecule has 0 bridgehead atoms. The van der Waals surface area contributed by atoms with Crippen molar-refractivity contribution in [1.29, 1.82) is 0 Å². The van der Waals surface area contributed by atoms with E-state index < -0.39 is 7.40 Å². The molecule has 0 atom stereocenters. The van der Waals surface area contributed by atoms with Gasteiger partial charge in [0.1, 0.15) is 5.75 Å². The Morgan fingerprint density at radius 2 is 1.08 bits per heavy atom. The van der Waals surface area contributed by atoms with Gasteiger partial charge in [0.15, 0.2) is 0 Å². The fraction of sp³-hybridized carbons (Fsp3) is 0.114. The van der Waals surface area contributed by atoms with Crippen molar-refractivity contribution < 1.29 is 13.4 Å². The summed E-state index contributed by atoms with van der Waals surface area (Å²) < 4.78 is 38.4. The van der Waals surface area contributed by atoms with E-state index in [4.69, 9.17) is 9.73 Å². The Morgan fingerprint density at radius 3 is 1.58 bits per heavy atom. The molecule has 3 nitrogen and oxygen atoms in total. The first-order valence-corrected chi connectivity index (χ1v) is 16.7. The van der Waals surface area contributed by atoms with E-state index in [0.29, 0.717) is 39.5 Å². The van der Waals surface area contributed by atoms with Gasteiger partial charge in [-0.1, -0.05) is 131 Å². The summed E-state index contributed by atoms with van der Waals surface area (Å²) in [7, 11) is -1.23. The van der Waals surface area contributed by atoms with E-state index in [2.05, 4.69) is 68.5 Å². The number of allylic oxidation sites excluding steroid dienone is 2. The maximum Gasteiger partial charge on any atom is 0.678 e. The van der Waals surface area contributed by atoms with Crippen LogP contribution in [0.2, 0.25) is 0 Å². The molecule has 5 aromatic carbocycles. The Labute approximate surface area is 293 Å². The van der Waals surface area contributed by atoms with Gasteiger partial charge in [-0.15, -0.1) is 0 Å². The molecule has 2 heterocycles. The Morgan fingerprint density at radius 1 is 0.600 bits per heavy atom. The molecule has 0 unspecified atom stereocenters. The number of aliphatic imine (C=N–C) groups is 1. The van der Waals surface area contributed by atoms with Crippen molar-refractivity contribution in [3.63, 3.8) is 0 Å². The van der Waals surface area contributed by atoms with Gasteiger partial charge >= 0.3 is 7.40 Å². The highest BCUT2D eigenvalue weighted by Crippen LogP contribution is 2.45. The van der Waals surface area contributed by atoms with Crippen LogP contribution in [0.5, 0.6) is 5.75 Å². The van der Waals surface area contributed by atoms with Gasteiger partial charge in [0.25, 0.3) is 0 Å². The smallest absolute Gasteiger partial charge is 0.497 e. The minimum absolute atomic E-state index is 0.395. The molecule has 0 saturated carbocycles. The zero-order valence-electron chi connectivity index (χ0n) is 28.8. The second kappa shape index (κ2) is 13.6. The van der Waals surface area contributed by atoms with E-state index in [0.717, 1.165) is 55.8 Å². The van der Waals surface area contributed by atoms with Gasteiger partial charge in [-0.05, 0) is 74.2 Å². The van der Waals surface area contributed by atoms with Crippen LogP contribution in [0.1, 0.15) is 44.6 Å². The number of aryl methyl sites for hydroxylation is 4. The lowest BCUT2D eigenvalue weighted by Crippen LogP contribution is -2.18. The predicted molar refractivity (Wildman–Crippen MR) is 204 cm³/mol. The van der Waals surface area contributed by atoms with Gasteiger partial charge in [-0.25, -0.2) is 4.99 Å². The van der Waals surface area contributed by atoms with Crippen LogP contribution >= 0.6 is 0 Å². The van der Waals surface area contributed by atoms with Crippen LogP contribution in [0.25, 0.3) is 33.5 Å². The molecule has 1 aliphatic rings. The highest BCUT2D eigenvalue weighted by Gasteiger charge is 2.33. The van der Waals surface area contributed by atoms with E-state index in [1.807, 2.05) is 92.7 Å². The van der Waals surface area contributed by atoms with Gasteiger partial charge in [0.05, 0.1) is 24.2 Å². The van der Waals surface area contributed by atoms with Gasteiger partial charge in [-0.3, -0.25) is 8.63 Å². The average molecular weight is 659 g/mol. The highest BCUT2D eigenvalue weighted by molar-refractivity contribution is 6.42. The Kier molecular flexibility index (Phi) is 8.94. The minimum atomic E-state index is -2.84. The van der Waals surface area contributed by atoms with Gasteiger partial charge in [0, 0.05) is 28.0 Å². The van der Waals surface area contributed by atoms with Crippen molar-refractivity contribution in [1.82, 2.24) is 4.48 Å². The zero-order chi connectivity index (χ0) is 34.9. The minimum Gasteiger partial charge on any atom is -0.497 e. The number of aromatic nitrogens is 1. The molecule has 7 rings (SSSR count). The SMILES string of the molecule is COc1ccc(/C(=C2/N=C(c3ccc(C)cc3)C=C2c2ccc(C)cc2)c2c(-c3ccc(C)cc3)cc(-c3ccc(C)cc3)n2B(F)F)cc1. The highest BCUT2D eigenvalue weighted by atomic mass is 19.2. The van der Waals surface area contributed by atoms with Crippen molar-refractivity contribution in [3.05, 3.63) is 184 Å². The van der Waals surface area contributed by atoms with Crippen LogP contribution in [0.3, 0.4) is 0 Å². The predicted octanol–water partition coefficient (Wildman–Crippen LogP) is 11.2. The lowest BCUT2D eigenvalue weighted by Gasteiger charge is -2.19. The summed E-state index contributed by atoms with van der Waals surface area (Å²) >= 11 is 0. The number of ether oxygens (including phenoxy) is 1. The molecule has 50 heavy (non-hydrogen) atoms. The third-order valence-electron chi connectivity index (χ3n) is 9.27. The molecule has 0 radical (unpaired) electrons. The van der Waals surface area contributed by atoms with Crippen molar-refractivity contribution in [2.45, 2.75) is 27.7 Å². The summed E-state index contributed by atoms with van der Waals surface area (Å²) in [5.41, 5.74) is 13.0. The summed E-state index contributed by atoms with van der Waals surface area (Å²) in [4.78, 5) is 5.32. The van der Waals surface area contributed by atoms with Crippen LogP contribution in [0.15, 0.2) is 144 Å². The summed E-state index contributed by atoms with van der Waals surface area (Å²) in [5.74, 6) is 0.672. The number of halogens is 2. The molecule has 6 aromatic rings. The number of hydrogen-bond donors (Lipinski definition) is 0. The topological polar surface area (TPSA) is 26.5 Å². The van der Waals surface area contributed by atoms with Crippen LogP contribution in [-0.2, 0) is 0 Å². The number of methoxy groups -OCH3 is 1. The quantitative estimate of drug-likeness (QED) is 0.150. The zero-order valence-corrected chi connectivity index (χ0v) is 28.8. The Balaban J connectivity index is 1.62. The Hall–Kier alpha value is -5.75. The molecule has 246 valence electrons. The maximum absolute atomic E-state index is 15.8. The first-order chi connectivity index (χ1) is 24.2. The van der Waals surface area contributed by atoms with Crippen LogP contribution in [-0.4, -0.2) is 24.7 Å². The molecule has 1 aliphatic heterocycles. The number of hydrogen-bond acceptors (Lipinski definition) is 2. The first kappa shape index (κ1) is 32.8. The van der Waals surface area contributed by atoms with Gasteiger partial charge in [-0.2, -0.15) is 0 Å². The summed E-state index contributed by atoms with van der Waals surface area (Å²) in [6.07, 6.45) is 2.08. The fourth-order valence-corrected chi connectivity index (χ4v) is 6.46. The molecular formula is C44H37BF2N2O.